The molecule has 0 bridgehead atoms. The summed E-state index contributed by atoms with van der Waals surface area (Å²) in [6.07, 6.45) is 0.943. The van der Waals surface area contributed by atoms with Gasteiger partial charge in [-0.25, -0.2) is 4.79 Å². The number of hydrogen-bond donors (Lipinski definition) is 2. The third kappa shape index (κ3) is 4.64. The summed E-state index contributed by atoms with van der Waals surface area (Å²) < 4.78 is 17.3. The first-order valence-electron chi connectivity index (χ1n) is 7.16. The first-order chi connectivity index (χ1) is 10.6. The molecular formula is C15H19NO5S. The Morgan fingerprint density at radius 2 is 2.09 bits per heavy atom. The van der Waals surface area contributed by atoms with Crippen LogP contribution in [0.4, 0.5) is 0 Å². The third-order valence-corrected chi connectivity index (χ3v) is 4.84. The lowest BCUT2D eigenvalue weighted by Gasteiger charge is -2.17. The summed E-state index contributed by atoms with van der Waals surface area (Å²) in [6.45, 7) is 0.522. The van der Waals surface area contributed by atoms with Crippen LogP contribution in [-0.4, -0.2) is 45.7 Å². The lowest BCUT2D eigenvalue weighted by Crippen LogP contribution is -2.45. The van der Waals surface area contributed by atoms with Crippen LogP contribution in [0.5, 0.6) is 0 Å². The molecule has 22 heavy (non-hydrogen) atoms. The molecule has 1 saturated heterocycles. The molecule has 0 aromatic heterocycles. The van der Waals surface area contributed by atoms with Gasteiger partial charge in [0, 0.05) is 17.3 Å². The number of nitrogens with one attached hydrogen (secondary N) is 1. The van der Waals surface area contributed by atoms with E-state index < -0.39 is 34.8 Å². The molecule has 0 unspecified atom stereocenters. The van der Waals surface area contributed by atoms with Gasteiger partial charge in [0.1, 0.15) is 12.1 Å². The molecule has 7 heteroatoms. The SMILES string of the molecule is O=C(O)[C@@H](CC[S@@](=O)c1ccccc1)NC(=O)[C@H]1CCCO1. The van der Waals surface area contributed by atoms with Gasteiger partial charge in [0.2, 0.25) is 5.91 Å². The van der Waals surface area contributed by atoms with Crippen LogP contribution in [0.15, 0.2) is 35.2 Å². The van der Waals surface area contributed by atoms with E-state index in [0.29, 0.717) is 17.9 Å². The zero-order valence-corrected chi connectivity index (χ0v) is 12.9. The van der Waals surface area contributed by atoms with Crippen LogP contribution in [0.2, 0.25) is 0 Å². The number of aliphatic carboxylic acids is 1. The molecule has 1 fully saturated rings. The topological polar surface area (TPSA) is 92.7 Å². The maximum Gasteiger partial charge on any atom is 0.326 e. The Balaban J connectivity index is 1.87. The quantitative estimate of drug-likeness (QED) is 0.778. The van der Waals surface area contributed by atoms with Crippen molar-refractivity contribution in [2.45, 2.75) is 36.3 Å². The molecule has 1 heterocycles. The smallest absolute Gasteiger partial charge is 0.326 e. The predicted octanol–water partition coefficient (Wildman–Crippen LogP) is 0.933. The molecular weight excluding hydrogens is 306 g/mol. The molecule has 1 aromatic carbocycles. The molecule has 1 aromatic rings. The van der Waals surface area contributed by atoms with Gasteiger partial charge < -0.3 is 15.2 Å². The number of ether oxygens (including phenoxy) is 1. The Labute approximate surface area is 131 Å². The number of rotatable bonds is 7. The van der Waals surface area contributed by atoms with Gasteiger partial charge in [0.25, 0.3) is 0 Å². The van der Waals surface area contributed by atoms with Gasteiger partial charge in [0.15, 0.2) is 0 Å². The van der Waals surface area contributed by atoms with Crippen molar-refractivity contribution in [3.05, 3.63) is 30.3 Å². The van der Waals surface area contributed by atoms with Crippen LogP contribution in [0.3, 0.4) is 0 Å². The van der Waals surface area contributed by atoms with E-state index in [-0.39, 0.29) is 12.2 Å². The van der Waals surface area contributed by atoms with Crippen molar-refractivity contribution in [3.8, 4) is 0 Å². The predicted molar refractivity (Wildman–Crippen MR) is 80.9 cm³/mol. The van der Waals surface area contributed by atoms with Gasteiger partial charge in [-0.1, -0.05) is 18.2 Å². The highest BCUT2D eigenvalue weighted by atomic mass is 32.2. The van der Waals surface area contributed by atoms with Crippen molar-refractivity contribution in [1.29, 1.82) is 0 Å². The largest absolute Gasteiger partial charge is 0.480 e. The number of carboxylic acids is 1. The minimum Gasteiger partial charge on any atom is -0.480 e. The molecule has 0 spiro atoms. The van der Waals surface area contributed by atoms with Gasteiger partial charge in [-0.2, -0.15) is 0 Å². The zero-order chi connectivity index (χ0) is 15.9. The van der Waals surface area contributed by atoms with E-state index in [1.54, 1.807) is 24.3 Å². The van der Waals surface area contributed by atoms with Crippen molar-refractivity contribution >= 4 is 22.7 Å². The Kier molecular flexibility index (Phi) is 6.09. The van der Waals surface area contributed by atoms with Crippen molar-refractivity contribution in [2.75, 3.05) is 12.4 Å². The van der Waals surface area contributed by atoms with Crippen molar-refractivity contribution in [3.63, 3.8) is 0 Å². The third-order valence-electron chi connectivity index (χ3n) is 3.43. The van der Waals surface area contributed by atoms with Gasteiger partial charge in [-0.05, 0) is 31.4 Å². The van der Waals surface area contributed by atoms with E-state index in [2.05, 4.69) is 5.32 Å². The molecule has 1 aliphatic heterocycles. The minimum atomic E-state index is -1.28. The molecule has 0 saturated carbocycles. The minimum absolute atomic E-state index is 0.106. The number of carbonyl (C=O) groups is 2. The first-order valence-corrected chi connectivity index (χ1v) is 8.48. The zero-order valence-electron chi connectivity index (χ0n) is 12.1. The van der Waals surface area contributed by atoms with Gasteiger partial charge in [-0.3, -0.25) is 9.00 Å². The summed E-state index contributed by atoms with van der Waals surface area (Å²) in [5, 5.41) is 11.7. The highest BCUT2D eigenvalue weighted by Gasteiger charge is 2.28. The molecule has 3 atom stereocenters. The number of amides is 1. The average molecular weight is 325 g/mol. The molecule has 120 valence electrons. The molecule has 0 aliphatic carbocycles. The lowest BCUT2D eigenvalue weighted by atomic mass is 10.2. The van der Waals surface area contributed by atoms with E-state index in [4.69, 9.17) is 4.74 Å². The average Bonchev–Trinajstić information content (AvgIpc) is 3.06. The molecule has 1 amide bonds. The fraction of sp³-hybridized carbons (Fsp3) is 0.467. The van der Waals surface area contributed by atoms with Crippen LogP contribution >= 0.6 is 0 Å². The summed E-state index contributed by atoms with van der Waals surface area (Å²) in [7, 11) is -1.28. The highest BCUT2D eigenvalue weighted by Crippen LogP contribution is 2.13. The summed E-state index contributed by atoms with van der Waals surface area (Å²) in [5.41, 5.74) is 0. The second-order valence-electron chi connectivity index (χ2n) is 5.05. The van der Waals surface area contributed by atoms with E-state index in [9.17, 15) is 18.9 Å². The molecule has 2 N–H and O–H groups in total. The summed E-state index contributed by atoms with van der Waals surface area (Å²) in [5.74, 6) is -1.36. The van der Waals surface area contributed by atoms with Crippen LogP contribution in [0, 0.1) is 0 Å². The number of hydrogen-bond acceptors (Lipinski definition) is 4. The Hall–Kier alpha value is -1.73. The van der Waals surface area contributed by atoms with E-state index in [1.807, 2.05) is 6.07 Å². The first kappa shape index (κ1) is 16.6. The van der Waals surface area contributed by atoms with Crippen LogP contribution in [0.25, 0.3) is 0 Å². The standard InChI is InChI=1S/C15H19NO5S/c17-14(13-7-4-9-21-13)16-12(15(18)19)8-10-22(20)11-5-2-1-3-6-11/h1-3,5-6,12-13H,4,7-10H2,(H,16,17)(H,18,19)/t12-,13-,22-/m1/s1. The van der Waals surface area contributed by atoms with E-state index in [1.165, 1.54) is 0 Å². The van der Waals surface area contributed by atoms with Gasteiger partial charge in [0.05, 0.1) is 10.8 Å². The lowest BCUT2D eigenvalue weighted by molar-refractivity contribution is -0.143. The fourth-order valence-electron chi connectivity index (χ4n) is 2.22. The molecule has 2 rings (SSSR count). The van der Waals surface area contributed by atoms with Crippen LogP contribution < -0.4 is 5.32 Å². The van der Waals surface area contributed by atoms with Gasteiger partial charge in [-0.15, -0.1) is 0 Å². The number of carboxylic acid groups (broad SMARTS) is 1. The van der Waals surface area contributed by atoms with Gasteiger partial charge >= 0.3 is 5.97 Å². The number of carbonyl (C=O) groups excluding carboxylic acids is 1. The Bertz CT molecular complexity index is 542. The normalized spacial score (nSPS) is 20.3. The number of benzene rings is 1. The molecule has 1 aliphatic rings. The maximum atomic E-state index is 12.1. The molecule has 6 nitrogen and oxygen atoms in total. The Morgan fingerprint density at radius 3 is 2.68 bits per heavy atom. The highest BCUT2D eigenvalue weighted by molar-refractivity contribution is 7.85. The van der Waals surface area contributed by atoms with Crippen molar-refractivity contribution in [2.24, 2.45) is 0 Å². The summed E-state index contributed by atoms with van der Waals surface area (Å²) in [4.78, 5) is 23.8. The van der Waals surface area contributed by atoms with E-state index in [0.717, 1.165) is 6.42 Å². The summed E-state index contributed by atoms with van der Waals surface area (Å²) in [6, 6.07) is 7.79. The van der Waals surface area contributed by atoms with Crippen molar-refractivity contribution < 1.29 is 23.6 Å². The van der Waals surface area contributed by atoms with Crippen molar-refractivity contribution in [1.82, 2.24) is 5.32 Å². The monoisotopic (exact) mass is 325 g/mol. The second-order valence-corrected chi connectivity index (χ2v) is 6.62. The Morgan fingerprint density at radius 1 is 1.36 bits per heavy atom. The van der Waals surface area contributed by atoms with E-state index >= 15 is 0 Å². The maximum absolute atomic E-state index is 12.1. The van der Waals surface area contributed by atoms with Crippen LogP contribution in [0.1, 0.15) is 19.3 Å². The molecule has 0 radical (unpaired) electrons. The second kappa shape index (κ2) is 8.05. The fourth-order valence-corrected chi connectivity index (χ4v) is 3.37. The summed E-state index contributed by atoms with van der Waals surface area (Å²) >= 11 is 0. The van der Waals surface area contributed by atoms with Crippen LogP contribution in [-0.2, 0) is 25.1 Å².